The summed E-state index contributed by atoms with van der Waals surface area (Å²) in [6, 6.07) is 14.4. The first kappa shape index (κ1) is 20.2. The van der Waals surface area contributed by atoms with E-state index in [-0.39, 0.29) is 27.9 Å². The number of benzene rings is 4. The van der Waals surface area contributed by atoms with Gasteiger partial charge in [0.05, 0.1) is 10.3 Å². The molecular formula is C20H14N3O7S+. The minimum absolute atomic E-state index is 0.0571. The SMILES string of the molecule is O=[N+]([O-])c1ccc2c([NH+]=Nc3c(O)ccc4ccccc34)c(O)cc(S(=O)(=O)O)c2c1. The predicted molar refractivity (Wildman–Crippen MR) is 110 cm³/mol. The molecule has 11 heteroatoms. The normalized spacial score (nSPS) is 12.0. The van der Waals surface area contributed by atoms with Crippen molar-refractivity contribution in [3.63, 3.8) is 0 Å². The lowest BCUT2D eigenvalue weighted by atomic mass is 10.1. The van der Waals surface area contributed by atoms with E-state index >= 15 is 0 Å². The maximum Gasteiger partial charge on any atom is 0.295 e. The van der Waals surface area contributed by atoms with Gasteiger partial charge in [-0.15, -0.1) is 0 Å². The number of hydrogen-bond donors (Lipinski definition) is 4. The van der Waals surface area contributed by atoms with Crippen molar-refractivity contribution < 1.29 is 33.2 Å². The molecule has 0 saturated heterocycles. The minimum atomic E-state index is -4.79. The van der Waals surface area contributed by atoms with Crippen LogP contribution in [0.25, 0.3) is 21.5 Å². The van der Waals surface area contributed by atoms with Gasteiger partial charge in [-0.2, -0.15) is 8.42 Å². The Labute approximate surface area is 174 Å². The summed E-state index contributed by atoms with van der Waals surface area (Å²) in [5.41, 5.74) is -0.297. The molecular weight excluding hydrogens is 426 g/mol. The van der Waals surface area contributed by atoms with Gasteiger partial charge in [0, 0.05) is 34.1 Å². The van der Waals surface area contributed by atoms with Crippen molar-refractivity contribution >= 4 is 48.7 Å². The van der Waals surface area contributed by atoms with Gasteiger partial charge in [-0.3, -0.25) is 14.7 Å². The number of phenols is 2. The molecule has 0 atom stereocenters. The third-order valence-corrected chi connectivity index (χ3v) is 5.60. The molecule has 4 N–H and O–H groups in total. The second-order valence-electron chi connectivity index (χ2n) is 6.61. The molecule has 0 saturated carbocycles. The fraction of sp³-hybridized carbons (Fsp3) is 0. The molecule has 0 aliphatic rings. The Morgan fingerprint density at radius 1 is 0.903 bits per heavy atom. The zero-order chi connectivity index (χ0) is 22.3. The second kappa shape index (κ2) is 7.31. The monoisotopic (exact) mass is 440 g/mol. The minimum Gasteiger partial charge on any atom is -0.505 e. The largest absolute Gasteiger partial charge is 0.505 e. The number of hydrogen-bond acceptors (Lipinski definition) is 7. The summed E-state index contributed by atoms with van der Waals surface area (Å²) >= 11 is 0. The highest BCUT2D eigenvalue weighted by Crippen LogP contribution is 2.37. The molecule has 4 aromatic rings. The van der Waals surface area contributed by atoms with E-state index in [4.69, 9.17) is 0 Å². The number of rotatable bonds is 4. The van der Waals surface area contributed by atoms with Crippen LogP contribution < -0.4 is 5.11 Å². The third kappa shape index (κ3) is 3.63. The number of phenolic OH excluding ortho intramolecular Hbond substituents is 2. The standard InChI is InChI=1S/C20H13N3O7S/c24-16-8-5-11-3-1-2-4-13(11)19(16)21-22-20-14-7-6-12(23(26)27)9-15(14)18(10-17(20)25)31(28,29)30/h1-10,24-25H,(H,28,29,30)/p+1. The number of aromatic hydroxyl groups is 2. The van der Waals surface area contributed by atoms with Gasteiger partial charge in [-0.05, 0) is 17.5 Å². The van der Waals surface area contributed by atoms with Crippen LogP contribution >= 0.6 is 0 Å². The Morgan fingerprint density at radius 3 is 2.35 bits per heavy atom. The molecule has 4 aromatic carbocycles. The highest BCUT2D eigenvalue weighted by atomic mass is 32.2. The van der Waals surface area contributed by atoms with Crippen LogP contribution in [0.4, 0.5) is 17.1 Å². The van der Waals surface area contributed by atoms with Crippen molar-refractivity contribution in [2.75, 3.05) is 0 Å². The smallest absolute Gasteiger partial charge is 0.295 e. The van der Waals surface area contributed by atoms with Crippen LogP contribution in [-0.2, 0) is 10.1 Å². The first-order valence-electron chi connectivity index (χ1n) is 8.76. The van der Waals surface area contributed by atoms with E-state index in [2.05, 4.69) is 10.2 Å². The predicted octanol–water partition coefficient (Wildman–Crippen LogP) is 3.06. The zero-order valence-electron chi connectivity index (χ0n) is 15.6. The van der Waals surface area contributed by atoms with Crippen molar-refractivity contribution in [3.05, 3.63) is 70.8 Å². The third-order valence-electron chi connectivity index (χ3n) is 4.71. The van der Waals surface area contributed by atoms with Gasteiger partial charge in [0.25, 0.3) is 21.5 Å². The summed E-state index contributed by atoms with van der Waals surface area (Å²) in [5, 5.41) is 39.8. The van der Waals surface area contributed by atoms with Gasteiger partial charge in [-0.1, -0.05) is 35.4 Å². The van der Waals surface area contributed by atoms with Crippen LogP contribution in [0.3, 0.4) is 0 Å². The maximum atomic E-state index is 11.8. The Kier molecular flexibility index (Phi) is 4.76. The van der Waals surface area contributed by atoms with Crippen LogP contribution in [0.5, 0.6) is 11.5 Å². The van der Waals surface area contributed by atoms with E-state index in [0.29, 0.717) is 5.39 Å². The molecule has 0 amide bonds. The van der Waals surface area contributed by atoms with Gasteiger partial charge in [-0.25, -0.2) is 0 Å². The number of nitro benzene ring substituents is 1. The molecule has 156 valence electrons. The number of fused-ring (bicyclic) bond motifs is 2. The Morgan fingerprint density at radius 2 is 1.65 bits per heavy atom. The van der Waals surface area contributed by atoms with Crippen molar-refractivity contribution in [1.82, 2.24) is 0 Å². The first-order valence-corrected chi connectivity index (χ1v) is 10.2. The van der Waals surface area contributed by atoms with Crippen LogP contribution in [0, 0.1) is 10.1 Å². The van der Waals surface area contributed by atoms with E-state index in [1.54, 1.807) is 18.2 Å². The van der Waals surface area contributed by atoms with Gasteiger partial charge < -0.3 is 10.2 Å². The molecule has 0 bridgehead atoms. The highest BCUT2D eigenvalue weighted by molar-refractivity contribution is 7.86. The van der Waals surface area contributed by atoms with Gasteiger partial charge in [0.1, 0.15) is 10.6 Å². The molecule has 0 spiro atoms. The van der Waals surface area contributed by atoms with Gasteiger partial charge >= 0.3 is 0 Å². The summed E-state index contributed by atoms with van der Waals surface area (Å²) in [7, 11) is -4.79. The maximum absolute atomic E-state index is 11.8. The Hall–Kier alpha value is -4.09. The van der Waals surface area contributed by atoms with Crippen molar-refractivity contribution in [2.24, 2.45) is 5.11 Å². The van der Waals surface area contributed by atoms with E-state index in [1.165, 1.54) is 12.1 Å². The molecule has 0 aliphatic heterocycles. The average Bonchev–Trinajstić information content (AvgIpc) is 2.72. The molecule has 10 nitrogen and oxygen atoms in total. The molecule has 0 heterocycles. The summed E-state index contributed by atoms with van der Waals surface area (Å²) in [5.74, 6) is -0.711. The lowest BCUT2D eigenvalue weighted by Crippen LogP contribution is -2.57. The van der Waals surface area contributed by atoms with Crippen LogP contribution in [0.2, 0.25) is 0 Å². The van der Waals surface area contributed by atoms with E-state index in [9.17, 15) is 33.3 Å². The quantitative estimate of drug-likeness (QED) is 0.124. The van der Waals surface area contributed by atoms with Crippen molar-refractivity contribution in [2.45, 2.75) is 4.90 Å². The lowest BCUT2D eigenvalue weighted by Gasteiger charge is -2.06. The molecule has 0 aliphatic carbocycles. The summed E-state index contributed by atoms with van der Waals surface area (Å²) in [6.45, 7) is 0. The van der Waals surface area contributed by atoms with E-state index in [0.717, 1.165) is 23.6 Å². The van der Waals surface area contributed by atoms with Gasteiger partial charge in [0.15, 0.2) is 11.4 Å². The highest BCUT2D eigenvalue weighted by Gasteiger charge is 2.25. The molecule has 0 aromatic heterocycles. The number of non-ortho nitro benzene ring substituents is 1. The van der Waals surface area contributed by atoms with Crippen molar-refractivity contribution in [1.29, 1.82) is 0 Å². The summed E-state index contributed by atoms with van der Waals surface area (Å²) in [4.78, 5) is 9.70. The number of nitro groups is 1. The molecule has 0 unspecified atom stereocenters. The summed E-state index contributed by atoms with van der Waals surface area (Å²) < 4.78 is 33.0. The Bertz CT molecular complexity index is 1510. The second-order valence-corrected chi connectivity index (χ2v) is 8.00. The fourth-order valence-corrected chi connectivity index (χ4v) is 3.99. The van der Waals surface area contributed by atoms with Crippen LogP contribution in [0.1, 0.15) is 0 Å². The van der Waals surface area contributed by atoms with Gasteiger partial charge in [0.2, 0.25) is 0 Å². The van der Waals surface area contributed by atoms with E-state index < -0.39 is 31.4 Å². The lowest BCUT2D eigenvalue weighted by molar-refractivity contribution is -0.432. The first-order chi connectivity index (χ1) is 14.7. The molecule has 31 heavy (non-hydrogen) atoms. The number of nitrogens with zero attached hydrogens (tertiary/aromatic N) is 2. The number of nitrogens with one attached hydrogen (secondary N) is 1. The zero-order valence-corrected chi connectivity index (χ0v) is 16.4. The summed E-state index contributed by atoms with van der Waals surface area (Å²) in [6.07, 6.45) is 0. The van der Waals surface area contributed by atoms with Crippen molar-refractivity contribution in [3.8, 4) is 11.5 Å². The van der Waals surface area contributed by atoms with Crippen LogP contribution in [0.15, 0.2) is 70.7 Å². The molecule has 4 rings (SSSR count). The molecule has 0 radical (unpaired) electrons. The number of azo groups is 1. The van der Waals surface area contributed by atoms with Crippen LogP contribution in [-0.4, -0.2) is 28.1 Å². The fourth-order valence-electron chi connectivity index (χ4n) is 3.28. The topological polar surface area (TPSA) is 164 Å². The Balaban J connectivity index is 1.98. The van der Waals surface area contributed by atoms with E-state index in [1.807, 2.05) is 12.1 Å². The molecule has 0 fully saturated rings. The average molecular weight is 440 g/mol.